The van der Waals surface area contributed by atoms with Crippen molar-refractivity contribution in [3.63, 3.8) is 0 Å². The van der Waals surface area contributed by atoms with Gasteiger partial charge in [0.2, 0.25) is 11.5 Å². The smallest absolute Gasteiger partial charge is 0.246 e. The lowest BCUT2D eigenvalue weighted by Gasteiger charge is -2.17. The molecule has 1 N–H and O–H groups in total. The Balaban J connectivity index is 0.00000211. The Kier molecular flexibility index (Phi) is 14.6. The molecule has 1 heterocycles. The summed E-state index contributed by atoms with van der Waals surface area (Å²) in [7, 11) is 3.16. The Bertz CT molecular complexity index is 383. The van der Waals surface area contributed by atoms with Gasteiger partial charge in [-0.1, -0.05) is 37.5 Å². The Morgan fingerprint density at radius 2 is 2.00 bits per heavy atom. The molecule has 0 aromatic rings. The Hall–Kier alpha value is -0.750. The summed E-state index contributed by atoms with van der Waals surface area (Å²) in [4.78, 5) is 11.3. The summed E-state index contributed by atoms with van der Waals surface area (Å²) in [6.45, 7) is 9.05. The van der Waals surface area contributed by atoms with E-state index in [1.54, 1.807) is 10.8 Å². The van der Waals surface area contributed by atoms with Crippen molar-refractivity contribution in [2.75, 3.05) is 26.4 Å². The molecule has 0 aliphatic carbocycles. The van der Waals surface area contributed by atoms with Crippen LogP contribution < -0.4 is 5.32 Å². The molecule has 0 bridgehead atoms. The highest BCUT2D eigenvalue weighted by Crippen LogP contribution is 2.37. The van der Waals surface area contributed by atoms with Crippen LogP contribution in [0.25, 0.3) is 0 Å². The van der Waals surface area contributed by atoms with Crippen molar-refractivity contribution in [2.24, 2.45) is 10.2 Å². The van der Waals surface area contributed by atoms with Crippen LogP contribution in [0.5, 0.6) is 0 Å². The third-order valence-electron chi connectivity index (χ3n) is 2.00. The van der Waals surface area contributed by atoms with Crippen molar-refractivity contribution in [3.8, 4) is 11.8 Å². The number of nitrogens with zero attached hydrogens (tertiary/aromatic N) is 2. The molecule has 2 atom stereocenters. The first-order valence-electron chi connectivity index (χ1n) is 7.36. The molecule has 8 heteroatoms. The zero-order valence-electron chi connectivity index (χ0n) is 13.6. The molecule has 1 amide bonds. The van der Waals surface area contributed by atoms with Crippen molar-refractivity contribution in [1.82, 2.24) is 5.32 Å². The maximum Gasteiger partial charge on any atom is 0.246 e. The number of rotatable bonds is 7. The standard InChI is InChI=1S/C12H19N3O3S2.C2H6/c1-3-4-5-6-13-11(16)9-17-7-8-18-12-15-14-10(2)19-20-12;1-2/h10,12H,3,6-9H2,1-2H3,(H,13,16);1-2H3. The zero-order valence-corrected chi connectivity index (χ0v) is 15.3. The van der Waals surface area contributed by atoms with Gasteiger partial charge in [-0.25, -0.2) is 0 Å². The molecule has 0 saturated carbocycles. The van der Waals surface area contributed by atoms with Gasteiger partial charge in [-0.15, -0.1) is 11.0 Å². The molecule has 0 saturated heterocycles. The minimum absolute atomic E-state index is 0.0161. The summed E-state index contributed by atoms with van der Waals surface area (Å²) in [6, 6.07) is 0. The number of ether oxygens (including phenoxy) is 2. The topological polar surface area (TPSA) is 72.3 Å². The first-order chi connectivity index (χ1) is 10.7. The lowest BCUT2D eigenvalue weighted by atomic mass is 10.4. The molecule has 1 aliphatic rings. The van der Waals surface area contributed by atoms with Crippen LogP contribution >= 0.6 is 21.6 Å². The predicted molar refractivity (Wildman–Crippen MR) is 92.5 cm³/mol. The van der Waals surface area contributed by atoms with Crippen LogP contribution in [-0.4, -0.2) is 43.2 Å². The van der Waals surface area contributed by atoms with Crippen molar-refractivity contribution in [3.05, 3.63) is 0 Å². The van der Waals surface area contributed by atoms with Crippen LogP contribution in [0.2, 0.25) is 0 Å². The molecule has 0 spiro atoms. The van der Waals surface area contributed by atoms with Crippen molar-refractivity contribution in [2.45, 2.75) is 45.0 Å². The van der Waals surface area contributed by atoms with Gasteiger partial charge in [0.1, 0.15) is 12.0 Å². The number of hydrogen-bond acceptors (Lipinski definition) is 7. The minimum Gasteiger partial charge on any atom is -0.369 e. The molecule has 2 unspecified atom stereocenters. The fourth-order valence-electron chi connectivity index (χ4n) is 1.13. The van der Waals surface area contributed by atoms with Gasteiger partial charge in [0, 0.05) is 6.42 Å². The van der Waals surface area contributed by atoms with E-state index in [9.17, 15) is 4.79 Å². The van der Waals surface area contributed by atoms with Gasteiger partial charge in [-0.05, 0) is 17.7 Å². The van der Waals surface area contributed by atoms with Crippen molar-refractivity contribution < 1.29 is 14.3 Å². The molecule has 0 radical (unpaired) electrons. The Labute approximate surface area is 141 Å². The highest BCUT2D eigenvalue weighted by molar-refractivity contribution is 8.77. The average Bonchev–Trinajstić information content (AvgIpc) is 2.55. The summed E-state index contributed by atoms with van der Waals surface area (Å²) < 4.78 is 10.6. The zero-order chi connectivity index (χ0) is 16.6. The van der Waals surface area contributed by atoms with E-state index in [0.717, 1.165) is 6.42 Å². The van der Waals surface area contributed by atoms with E-state index < -0.39 is 0 Å². The van der Waals surface area contributed by atoms with E-state index in [1.165, 1.54) is 10.8 Å². The molecular weight excluding hydrogens is 322 g/mol. The highest BCUT2D eigenvalue weighted by Gasteiger charge is 2.16. The minimum atomic E-state index is -0.280. The predicted octanol–water partition coefficient (Wildman–Crippen LogP) is 3.05. The second-order valence-corrected chi connectivity index (χ2v) is 6.36. The third-order valence-corrected chi connectivity index (χ3v) is 4.54. The SMILES string of the molecule is CC.CCC#CCNC(=O)COCCOC1N=NC(C)SS1. The van der Waals surface area contributed by atoms with Gasteiger partial charge in [-0.2, -0.15) is 5.11 Å². The molecule has 6 nitrogen and oxygen atoms in total. The molecule has 1 rings (SSSR count). The first kappa shape index (κ1) is 21.2. The van der Waals surface area contributed by atoms with Gasteiger partial charge >= 0.3 is 0 Å². The van der Waals surface area contributed by atoms with Crippen LogP contribution in [-0.2, 0) is 14.3 Å². The number of hydrogen-bond donors (Lipinski definition) is 1. The van der Waals surface area contributed by atoms with Crippen LogP contribution in [0.1, 0.15) is 34.1 Å². The molecule has 0 aromatic heterocycles. The van der Waals surface area contributed by atoms with Gasteiger partial charge in [-0.3, -0.25) is 4.79 Å². The van der Waals surface area contributed by atoms with E-state index in [-0.39, 0.29) is 23.4 Å². The van der Waals surface area contributed by atoms with E-state index in [0.29, 0.717) is 19.8 Å². The molecule has 126 valence electrons. The Morgan fingerprint density at radius 3 is 2.64 bits per heavy atom. The molecule has 1 aliphatic heterocycles. The highest BCUT2D eigenvalue weighted by atomic mass is 33.1. The number of amides is 1. The van der Waals surface area contributed by atoms with Crippen LogP contribution in [0.15, 0.2) is 10.2 Å². The Morgan fingerprint density at radius 1 is 1.23 bits per heavy atom. The normalized spacial score (nSPS) is 19.5. The second-order valence-electron chi connectivity index (χ2n) is 3.74. The number of carbonyl (C=O) groups excluding carboxylic acids is 1. The number of nitrogens with one attached hydrogen (secondary N) is 1. The van der Waals surface area contributed by atoms with Crippen LogP contribution in [0.4, 0.5) is 0 Å². The average molecular weight is 348 g/mol. The van der Waals surface area contributed by atoms with Crippen molar-refractivity contribution in [1.29, 1.82) is 0 Å². The second kappa shape index (κ2) is 15.2. The quantitative estimate of drug-likeness (QED) is 0.435. The summed E-state index contributed by atoms with van der Waals surface area (Å²) in [5, 5.41) is 10.8. The maximum atomic E-state index is 11.3. The van der Waals surface area contributed by atoms with Gasteiger partial charge < -0.3 is 14.8 Å². The monoisotopic (exact) mass is 347 g/mol. The van der Waals surface area contributed by atoms with E-state index in [2.05, 4.69) is 27.4 Å². The summed E-state index contributed by atoms with van der Waals surface area (Å²) >= 11 is 0. The van der Waals surface area contributed by atoms with Crippen LogP contribution in [0.3, 0.4) is 0 Å². The molecule has 0 fully saturated rings. The van der Waals surface area contributed by atoms with E-state index in [1.807, 2.05) is 27.7 Å². The summed E-state index contributed by atoms with van der Waals surface area (Å²) in [5.74, 6) is 5.52. The molecule has 22 heavy (non-hydrogen) atoms. The van der Waals surface area contributed by atoms with E-state index in [4.69, 9.17) is 9.47 Å². The van der Waals surface area contributed by atoms with Gasteiger partial charge in [0.25, 0.3) is 0 Å². The van der Waals surface area contributed by atoms with Crippen LogP contribution in [0, 0.1) is 11.8 Å². The summed E-state index contributed by atoms with van der Waals surface area (Å²) in [6.07, 6.45) is 0.789. The molecular formula is C14H25N3O3S2. The largest absolute Gasteiger partial charge is 0.369 e. The fourth-order valence-corrected chi connectivity index (χ4v) is 2.89. The first-order valence-corrected chi connectivity index (χ1v) is 9.64. The van der Waals surface area contributed by atoms with Gasteiger partial charge in [0.05, 0.1) is 19.8 Å². The molecule has 0 aromatic carbocycles. The maximum absolute atomic E-state index is 11.3. The summed E-state index contributed by atoms with van der Waals surface area (Å²) in [5.41, 5.74) is -0.280. The number of azo groups is 1. The fraction of sp³-hybridized carbons (Fsp3) is 0.786. The number of carbonyl (C=O) groups is 1. The van der Waals surface area contributed by atoms with Gasteiger partial charge in [0.15, 0.2) is 0 Å². The third kappa shape index (κ3) is 11.9. The lowest BCUT2D eigenvalue weighted by molar-refractivity contribution is -0.126. The van der Waals surface area contributed by atoms with E-state index >= 15 is 0 Å². The lowest BCUT2D eigenvalue weighted by Crippen LogP contribution is -2.28. The van der Waals surface area contributed by atoms with Crippen molar-refractivity contribution >= 4 is 27.5 Å².